The molecule has 0 aliphatic carbocycles. The summed E-state index contributed by atoms with van der Waals surface area (Å²) in [5, 5.41) is 20.7. The summed E-state index contributed by atoms with van der Waals surface area (Å²) in [6, 6.07) is -1.83. The molecule has 0 aromatic heterocycles. The summed E-state index contributed by atoms with van der Waals surface area (Å²) >= 11 is 0. The number of aliphatic hydroxyl groups is 1. The Morgan fingerprint density at radius 2 is 1.94 bits per heavy atom. The summed E-state index contributed by atoms with van der Waals surface area (Å²) < 4.78 is 0. The van der Waals surface area contributed by atoms with Gasteiger partial charge in [-0.05, 0) is 13.8 Å². The van der Waals surface area contributed by atoms with E-state index in [1.807, 2.05) is 0 Å². The average Bonchev–Trinajstić information content (AvgIpc) is 2.59. The highest BCUT2D eigenvalue weighted by atomic mass is 16.4. The van der Waals surface area contributed by atoms with Gasteiger partial charge in [0.05, 0.1) is 6.10 Å². The highest BCUT2D eigenvalue weighted by Gasteiger charge is 2.41. The Morgan fingerprint density at radius 1 is 1.39 bits per heavy atom. The van der Waals surface area contributed by atoms with Crippen LogP contribution in [0.5, 0.6) is 0 Å². The molecular formula is C10H17N3O5. The summed E-state index contributed by atoms with van der Waals surface area (Å²) in [6.45, 7) is 2.74. The number of carbonyl (C=O) groups excluding carboxylic acids is 2. The molecule has 1 fully saturated rings. The zero-order chi connectivity index (χ0) is 14.1. The van der Waals surface area contributed by atoms with Crippen molar-refractivity contribution in [2.24, 2.45) is 5.73 Å². The second-order valence-electron chi connectivity index (χ2n) is 4.82. The number of nitrogens with zero attached hydrogens (tertiary/aromatic N) is 1. The van der Waals surface area contributed by atoms with Gasteiger partial charge in [-0.2, -0.15) is 0 Å². The lowest BCUT2D eigenvalue weighted by Gasteiger charge is -2.28. The van der Waals surface area contributed by atoms with Crippen LogP contribution in [0.3, 0.4) is 0 Å². The van der Waals surface area contributed by atoms with Gasteiger partial charge >= 0.3 is 12.0 Å². The molecule has 0 radical (unpaired) electrons. The van der Waals surface area contributed by atoms with E-state index in [1.165, 1.54) is 13.8 Å². The van der Waals surface area contributed by atoms with Gasteiger partial charge in [-0.25, -0.2) is 9.59 Å². The number of carboxylic acid groups (broad SMARTS) is 1. The van der Waals surface area contributed by atoms with Crippen LogP contribution in [0, 0.1) is 0 Å². The van der Waals surface area contributed by atoms with Crippen LogP contribution in [0.4, 0.5) is 4.79 Å². The molecule has 1 aliphatic rings. The maximum absolute atomic E-state index is 11.9. The Hall–Kier alpha value is -1.83. The topological polar surface area (TPSA) is 133 Å². The van der Waals surface area contributed by atoms with E-state index in [2.05, 4.69) is 5.32 Å². The molecule has 0 spiro atoms. The molecule has 0 aromatic rings. The fourth-order valence-corrected chi connectivity index (χ4v) is 1.67. The molecule has 0 saturated carbocycles. The number of amides is 3. The lowest BCUT2D eigenvalue weighted by Crippen LogP contribution is -2.58. The molecule has 3 amide bonds. The Balaban J connectivity index is 2.78. The van der Waals surface area contributed by atoms with Gasteiger partial charge in [0.1, 0.15) is 11.6 Å². The van der Waals surface area contributed by atoms with Crippen molar-refractivity contribution in [3.8, 4) is 0 Å². The first-order chi connectivity index (χ1) is 8.15. The van der Waals surface area contributed by atoms with Crippen molar-refractivity contribution in [3.63, 3.8) is 0 Å². The smallest absolute Gasteiger partial charge is 0.326 e. The second kappa shape index (κ2) is 4.81. The molecule has 1 saturated heterocycles. The van der Waals surface area contributed by atoms with Crippen molar-refractivity contribution in [1.82, 2.24) is 10.2 Å². The van der Waals surface area contributed by atoms with Crippen molar-refractivity contribution in [1.29, 1.82) is 0 Å². The standard InChI is InChI=1S/C10H17N3O5/c1-10(2,8(11)17)12-9(18)13-4-5(14)3-6(13)7(15)16/h5-6,14H,3-4H2,1-2H3,(H2,11,17)(H,12,18)(H,15,16)/t5-,6-/m1/s1. The van der Waals surface area contributed by atoms with Crippen LogP contribution < -0.4 is 11.1 Å². The number of likely N-dealkylation sites (tertiary alicyclic amines) is 1. The third-order valence-corrected chi connectivity index (χ3v) is 2.86. The predicted molar refractivity (Wildman–Crippen MR) is 60.6 cm³/mol. The number of hydrogen-bond acceptors (Lipinski definition) is 4. The van der Waals surface area contributed by atoms with Crippen LogP contribution in [0.1, 0.15) is 20.3 Å². The number of urea groups is 1. The van der Waals surface area contributed by atoms with Crippen molar-refractivity contribution < 1.29 is 24.6 Å². The van der Waals surface area contributed by atoms with E-state index in [-0.39, 0.29) is 13.0 Å². The Morgan fingerprint density at radius 3 is 2.39 bits per heavy atom. The maximum Gasteiger partial charge on any atom is 0.326 e. The lowest BCUT2D eigenvalue weighted by molar-refractivity contribution is -0.141. The number of carbonyl (C=O) groups is 3. The van der Waals surface area contributed by atoms with Crippen LogP contribution in [-0.2, 0) is 9.59 Å². The highest BCUT2D eigenvalue weighted by molar-refractivity contribution is 5.90. The molecule has 0 aromatic carbocycles. The van der Waals surface area contributed by atoms with E-state index in [9.17, 15) is 19.5 Å². The monoisotopic (exact) mass is 259 g/mol. The first-order valence-electron chi connectivity index (χ1n) is 5.44. The number of aliphatic hydroxyl groups excluding tert-OH is 1. The van der Waals surface area contributed by atoms with E-state index in [1.54, 1.807) is 0 Å². The van der Waals surface area contributed by atoms with Gasteiger partial charge in [0, 0.05) is 13.0 Å². The quantitative estimate of drug-likeness (QED) is 0.488. The summed E-state index contributed by atoms with van der Waals surface area (Å²) in [5.41, 5.74) is 3.82. The summed E-state index contributed by atoms with van der Waals surface area (Å²) in [7, 11) is 0. The highest BCUT2D eigenvalue weighted by Crippen LogP contribution is 2.19. The van der Waals surface area contributed by atoms with Gasteiger partial charge in [-0.1, -0.05) is 0 Å². The van der Waals surface area contributed by atoms with Crippen molar-refractivity contribution in [2.45, 2.75) is 38.0 Å². The minimum Gasteiger partial charge on any atom is -0.480 e. The minimum atomic E-state index is -1.28. The van der Waals surface area contributed by atoms with Crippen molar-refractivity contribution in [2.75, 3.05) is 6.54 Å². The normalized spacial score (nSPS) is 23.8. The fourth-order valence-electron chi connectivity index (χ4n) is 1.67. The number of carboxylic acids is 1. The van der Waals surface area contributed by atoms with E-state index >= 15 is 0 Å². The van der Waals surface area contributed by atoms with Crippen LogP contribution in [-0.4, -0.2) is 57.3 Å². The van der Waals surface area contributed by atoms with Gasteiger partial charge < -0.3 is 26.2 Å². The molecule has 18 heavy (non-hydrogen) atoms. The van der Waals surface area contributed by atoms with Crippen molar-refractivity contribution >= 4 is 17.9 Å². The number of β-amino-alcohol motifs (C(OH)–C–C–N with tert-alkyl or cyclic N) is 1. The molecule has 0 bridgehead atoms. The third-order valence-electron chi connectivity index (χ3n) is 2.86. The number of aliphatic carboxylic acids is 1. The molecular weight excluding hydrogens is 242 g/mol. The molecule has 8 heteroatoms. The van der Waals surface area contributed by atoms with Gasteiger partial charge in [-0.3, -0.25) is 4.79 Å². The predicted octanol–water partition coefficient (Wildman–Crippen LogP) is -1.52. The number of nitrogens with two attached hydrogens (primary N) is 1. The lowest BCUT2D eigenvalue weighted by atomic mass is 10.1. The van der Waals surface area contributed by atoms with Crippen LogP contribution >= 0.6 is 0 Å². The van der Waals surface area contributed by atoms with E-state index in [0.717, 1.165) is 4.90 Å². The molecule has 1 rings (SSSR count). The maximum atomic E-state index is 11.9. The van der Waals surface area contributed by atoms with Gasteiger partial charge in [0.25, 0.3) is 0 Å². The van der Waals surface area contributed by atoms with E-state index < -0.39 is 35.6 Å². The van der Waals surface area contributed by atoms with Gasteiger partial charge in [0.15, 0.2) is 0 Å². The summed E-state index contributed by atoms with van der Waals surface area (Å²) in [5.74, 6) is -1.93. The third kappa shape index (κ3) is 2.89. The second-order valence-corrected chi connectivity index (χ2v) is 4.82. The zero-order valence-corrected chi connectivity index (χ0v) is 10.2. The molecule has 8 nitrogen and oxygen atoms in total. The molecule has 2 atom stereocenters. The van der Waals surface area contributed by atoms with Crippen LogP contribution in [0.15, 0.2) is 0 Å². The molecule has 1 heterocycles. The Kier molecular flexibility index (Phi) is 3.80. The summed E-state index contributed by atoms with van der Waals surface area (Å²) in [4.78, 5) is 34.9. The van der Waals surface area contributed by atoms with Crippen molar-refractivity contribution in [3.05, 3.63) is 0 Å². The van der Waals surface area contributed by atoms with Crippen LogP contribution in [0.25, 0.3) is 0 Å². The molecule has 1 aliphatic heterocycles. The summed E-state index contributed by atoms with van der Waals surface area (Å²) in [6.07, 6.45) is -0.909. The first kappa shape index (κ1) is 14.2. The van der Waals surface area contributed by atoms with E-state index in [0.29, 0.717) is 0 Å². The van der Waals surface area contributed by atoms with Crippen LogP contribution in [0.2, 0.25) is 0 Å². The largest absolute Gasteiger partial charge is 0.480 e. The zero-order valence-electron chi connectivity index (χ0n) is 10.2. The number of hydrogen-bond donors (Lipinski definition) is 4. The Labute approximate surface area is 104 Å². The Bertz CT molecular complexity index is 382. The molecule has 5 N–H and O–H groups in total. The van der Waals surface area contributed by atoms with Gasteiger partial charge in [0.2, 0.25) is 5.91 Å². The van der Waals surface area contributed by atoms with E-state index in [4.69, 9.17) is 10.8 Å². The average molecular weight is 259 g/mol. The number of rotatable bonds is 3. The minimum absolute atomic E-state index is 0.0280. The first-order valence-corrected chi connectivity index (χ1v) is 5.44. The number of primary amides is 1. The SMILES string of the molecule is CC(C)(NC(=O)N1C[C@H](O)C[C@@H]1C(=O)O)C(N)=O. The fraction of sp³-hybridized carbons (Fsp3) is 0.700. The number of nitrogens with one attached hydrogen (secondary N) is 1. The van der Waals surface area contributed by atoms with Gasteiger partial charge in [-0.15, -0.1) is 0 Å². The molecule has 102 valence electrons. The molecule has 0 unspecified atom stereocenters.